The molecule has 1 N–H and O–H groups in total. The van der Waals surface area contributed by atoms with Gasteiger partial charge in [-0.25, -0.2) is 4.79 Å². The van der Waals surface area contributed by atoms with Gasteiger partial charge in [0.25, 0.3) is 5.91 Å². The summed E-state index contributed by atoms with van der Waals surface area (Å²) in [5.41, 5.74) is -0.406. The number of rotatable bonds is 7. The van der Waals surface area contributed by atoms with Gasteiger partial charge in [-0.15, -0.1) is 6.58 Å². The van der Waals surface area contributed by atoms with E-state index >= 15 is 0 Å². The lowest BCUT2D eigenvalue weighted by Gasteiger charge is -2.14. The summed E-state index contributed by atoms with van der Waals surface area (Å²) in [6, 6.07) is 3.61. The fourth-order valence-electron chi connectivity index (χ4n) is 1.56. The normalized spacial score (nSPS) is 11.2. The monoisotopic (exact) mass is 308 g/mol. The molecular weight excluding hydrogens is 292 g/mol. The van der Waals surface area contributed by atoms with Crippen molar-refractivity contribution < 1.29 is 24.0 Å². The Kier molecular flexibility index (Phi) is 6.06. The molecule has 8 nitrogen and oxygen atoms in total. The summed E-state index contributed by atoms with van der Waals surface area (Å²) in [5.74, 6) is -1.25. The summed E-state index contributed by atoms with van der Waals surface area (Å²) in [6.07, 6.45) is 0.556. The van der Waals surface area contributed by atoms with Gasteiger partial charge >= 0.3 is 11.7 Å². The van der Waals surface area contributed by atoms with Crippen molar-refractivity contribution in [2.24, 2.45) is 0 Å². The smallest absolute Gasteiger partial charge is 0.338 e. The number of hydrogen-bond donors (Lipinski definition) is 1. The Hall–Kier alpha value is -2.90. The lowest BCUT2D eigenvalue weighted by atomic mass is 10.2. The van der Waals surface area contributed by atoms with E-state index in [-0.39, 0.29) is 17.9 Å². The van der Waals surface area contributed by atoms with Gasteiger partial charge in [0.05, 0.1) is 17.6 Å². The highest BCUT2D eigenvalue weighted by atomic mass is 16.6. The number of carbonyl (C=O) groups excluding carboxylic acids is 2. The molecule has 1 atom stereocenters. The van der Waals surface area contributed by atoms with Crippen LogP contribution in [-0.4, -0.2) is 36.6 Å². The van der Waals surface area contributed by atoms with Crippen LogP contribution in [0, 0.1) is 10.1 Å². The Balaban J connectivity index is 2.99. The zero-order valence-corrected chi connectivity index (χ0v) is 12.2. The van der Waals surface area contributed by atoms with E-state index < -0.39 is 28.6 Å². The fourth-order valence-corrected chi connectivity index (χ4v) is 1.56. The van der Waals surface area contributed by atoms with E-state index in [0.29, 0.717) is 0 Å². The van der Waals surface area contributed by atoms with Crippen LogP contribution in [0.2, 0.25) is 0 Å². The van der Waals surface area contributed by atoms with Crippen LogP contribution in [0.3, 0.4) is 0 Å². The second-order valence-electron chi connectivity index (χ2n) is 4.23. The molecule has 1 aromatic rings. The third kappa shape index (κ3) is 4.30. The van der Waals surface area contributed by atoms with Crippen molar-refractivity contribution in [3.8, 4) is 5.75 Å². The molecule has 0 saturated carbocycles. The molecule has 0 fully saturated rings. The largest absolute Gasteiger partial charge is 0.474 e. The minimum absolute atomic E-state index is 0.0188. The molecule has 0 aliphatic carbocycles. The standard InChI is InChI=1S/C14H16N2O6/c1-4-7-15-13(17)9(2)22-12-6-5-10(14(18)21-3)8-11(12)16(19)20/h4-6,8-9H,1,7H2,2-3H3,(H,15,17)/t9-/m1/s1. The lowest BCUT2D eigenvalue weighted by Crippen LogP contribution is -2.36. The first kappa shape index (κ1) is 17.2. The average Bonchev–Trinajstić information content (AvgIpc) is 2.51. The molecule has 0 aromatic heterocycles. The summed E-state index contributed by atoms with van der Waals surface area (Å²) < 4.78 is 9.79. The van der Waals surface area contributed by atoms with Gasteiger partial charge in [-0.3, -0.25) is 14.9 Å². The number of amides is 1. The highest BCUT2D eigenvalue weighted by Gasteiger charge is 2.23. The Morgan fingerprint density at radius 1 is 1.50 bits per heavy atom. The highest BCUT2D eigenvalue weighted by molar-refractivity contribution is 5.90. The van der Waals surface area contributed by atoms with Crippen LogP contribution in [0.5, 0.6) is 5.75 Å². The lowest BCUT2D eigenvalue weighted by molar-refractivity contribution is -0.386. The van der Waals surface area contributed by atoms with Crippen LogP contribution >= 0.6 is 0 Å². The van der Waals surface area contributed by atoms with Gasteiger partial charge in [-0.1, -0.05) is 6.08 Å². The topological polar surface area (TPSA) is 108 Å². The number of nitrogens with zero attached hydrogens (tertiary/aromatic N) is 1. The number of methoxy groups -OCH3 is 1. The van der Waals surface area contributed by atoms with Crippen molar-refractivity contribution in [1.82, 2.24) is 5.32 Å². The van der Waals surface area contributed by atoms with E-state index in [2.05, 4.69) is 16.6 Å². The summed E-state index contributed by atoms with van der Waals surface area (Å²) in [6.45, 7) is 5.17. The molecule has 0 heterocycles. The average molecular weight is 308 g/mol. The van der Waals surface area contributed by atoms with Crippen molar-refractivity contribution in [1.29, 1.82) is 0 Å². The van der Waals surface area contributed by atoms with E-state index in [1.807, 2.05) is 0 Å². The molecule has 118 valence electrons. The number of benzene rings is 1. The van der Waals surface area contributed by atoms with Crippen LogP contribution in [0.15, 0.2) is 30.9 Å². The van der Waals surface area contributed by atoms with Gasteiger partial charge in [0, 0.05) is 12.6 Å². The van der Waals surface area contributed by atoms with Crippen molar-refractivity contribution >= 4 is 17.6 Å². The summed E-state index contributed by atoms with van der Waals surface area (Å²) in [7, 11) is 1.17. The predicted octanol–water partition coefficient (Wildman–Crippen LogP) is 1.45. The highest BCUT2D eigenvalue weighted by Crippen LogP contribution is 2.29. The molecule has 1 aromatic carbocycles. The Morgan fingerprint density at radius 3 is 2.73 bits per heavy atom. The minimum atomic E-state index is -0.942. The third-order valence-electron chi connectivity index (χ3n) is 2.67. The molecule has 0 bridgehead atoms. The maximum atomic E-state index is 11.7. The van der Waals surface area contributed by atoms with Crippen LogP contribution < -0.4 is 10.1 Å². The number of ether oxygens (including phenoxy) is 2. The van der Waals surface area contributed by atoms with Gasteiger partial charge < -0.3 is 14.8 Å². The van der Waals surface area contributed by atoms with Crippen LogP contribution in [0.4, 0.5) is 5.69 Å². The summed E-state index contributed by atoms with van der Waals surface area (Å²) in [5, 5.41) is 13.6. The van der Waals surface area contributed by atoms with Crippen molar-refractivity contribution in [3.63, 3.8) is 0 Å². The first-order chi connectivity index (χ1) is 10.4. The molecule has 22 heavy (non-hydrogen) atoms. The van der Waals surface area contributed by atoms with Crippen LogP contribution in [0.25, 0.3) is 0 Å². The van der Waals surface area contributed by atoms with Crippen LogP contribution in [0.1, 0.15) is 17.3 Å². The zero-order valence-electron chi connectivity index (χ0n) is 12.2. The van der Waals surface area contributed by atoms with Crippen molar-refractivity contribution in [2.45, 2.75) is 13.0 Å². The number of nitrogens with one attached hydrogen (secondary N) is 1. The van der Waals surface area contributed by atoms with Gasteiger partial charge in [-0.2, -0.15) is 0 Å². The molecule has 0 spiro atoms. The first-order valence-electron chi connectivity index (χ1n) is 6.32. The number of nitro groups is 1. The Bertz CT molecular complexity index is 599. The third-order valence-corrected chi connectivity index (χ3v) is 2.67. The van der Waals surface area contributed by atoms with Gasteiger partial charge in [0.1, 0.15) is 0 Å². The molecular formula is C14H16N2O6. The SMILES string of the molecule is C=CCNC(=O)[C@@H](C)Oc1ccc(C(=O)OC)cc1[N+](=O)[O-]. The van der Waals surface area contributed by atoms with E-state index in [1.54, 1.807) is 0 Å². The summed E-state index contributed by atoms with van der Waals surface area (Å²) in [4.78, 5) is 33.4. The van der Waals surface area contributed by atoms with Crippen molar-refractivity contribution in [2.75, 3.05) is 13.7 Å². The van der Waals surface area contributed by atoms with E-state index in [0.717, 1.165) is 6.07 Å². The van der Waals surface area contributed by atoms with Crippen LogP contribution in [-0.2, 0) is 9.53 Å². The molecule has 1 rings (SSSR count). The second kappa shape index (κ2) is 7.77. The maximum absolute atomic E-state index is 11.7. The van der Waals surface area contributed by atoms with E-state index in [9.17, 15) is 19.7 Å². The van der Waals surface area contributed by atoms with E-state index in [4.69, 9.17) is 4.74 Å². The predicted molar refractivity (Wildman–Crippen MR) is 77.7 cm³/mol. The number of esters is 1. The Labute approximate surface area is 126 Å². The number of nitro benzene ring substituents is 1. The number of hydrogen-bond acceptors (Lipinski definition) is 6. The maximum Gasteiger partial charge on any atom is 0.338 e. The molecule has 0 saturated heterocycles. The molecule has 1 amide bonds. The van der Waals surface area contributed by atoms with Gasteiger partial charge in [-0.05, 0) is 19.1 Å². The minimum Gasteiger partial charge on any atom is -0.474 e. The fraction of sp³-hybridized carbons (Fsp3) is 0.286. The second-order valence-corrected chi connectivity index (χ2v) is 4.23. The zero-order chi connectivity index (χ0) is 16.7. The van der Waals surface area contributed by atoms with Gasteiger partial charge in [0.15, 0.2) is 11.9 Å². The quantitative estimate of drug-likeness (QED) is 0.353. The van der Waals surface area contributed by atoms with Crippen molar-refractivity contribution in [3.05, 3.63) is 46.5 Å². The first-order valence-corrected chi connectivity index (χ1v) is 6.32. The summed E-state index contributed by atoms with van der Waals surface area (Å²) >= 11 is 0. The van der Waals surface area contributed by atoms with Gasteiger partial charge in [0.2, 0.25) is 0 Å². The molecule has 0 aliphatic heterocycles. The van der Waals surface area contributed by atoms with E-state index in [1.165, 1.54) is 32.2 Å². The number of carbonyl (C=O) groups is 2. The Morgan fingerprint density at radius 2 is 2.18 bits per heavy atom. The molecule has 0 radical (unpaired) electrons. The molecule has 8 heteroatoms. The molecule has 0 aliphatic rings. The molecule has 0 unspecified atom stereocenters.